The van der Waals surface area contributed by atoms with Crippen LogP contribution in [0.2, 0.25) is 0 Å². The summed E-state index contributed by atoms with van der Waals surface area (Å²) in [6, 6.07) is 14.8. The number of carbonyl (C=O) groups excluding carboxylic acids is 1. The molecule has 126 valence electrons. The van der Waals surface area contributed by atoms with Crippen LogP contribution in [0.1, 0.15) is 24.2 Å². The van der Waals surface area contributed by atoms with Crippen molar-refractivity contribution in [3.05, 3.63) is 57.7 Å². The summed E-state index contributed by atoms with van der Waals surface area (Å²) >= 11 is 7.32. The number of benzene rings is 2. The highest BCUT2D eigenvalue weighted by Gasteiger charge is 2.10. The summed E-state index contributed by atoms with van der Waals surface area (Å²) in [5.74, 6) is 1.06. The number of halogens is 1. The zero-order chi connectivity index (χ0) is 17.5. The summed E-state index contributed by atoms with van der Waals surface area (Å²) in [5.41, 5.74) is 1.39. The Morgan fingerprint density at radius 1 is 1.17 bits per heavy atom. The zero-order valence-corrected chi connectivity index (χ0v) is 16.5. The molecule has 24 heavy (non-hydrogen) atoms. The quantitative estimate of drug-likeness (QED) is 0.518. The second kappa shape index (κ2) is 8.98. The molecule has 6 heteroatoms. The van der Waals surface area contributed by atoms with Gasteiger partial charge in [0.2, 0.25) is 0 Å². The SMILES string of the molecule is CC(C)COc1ccc(NC(=S)NC(=O)c2ccccc2I)cc1. The number of anilines is 1. The lowest BCUT2D eigenvalue weighted by Crippen LogP contribution is -2.34. The number of carbonyl (C=O) groups is 1. The first-order chi connectivity index (χ1) is 11.5. The van der Waals surface area contributed by atoms with Crippen LogP contribution in [0.4, 0.5) is 5.69 Å². The van der Waals surface area contributed by atoms with Gasteiger partial charge in [0.1, 0.15) is 5.75 Å². The van der Waals surface area contributed by atoms with Crippen molar-refractivity contribution in [1.82, 2.24) is 5.32 Å². The fourth-order valence-electron chi connectivity index (χ4n) is 1.88. The molecule has 0 fully saturated rings. The third-order valence-electron chi connectivity index (χ3n) is 3.04. The second-order valence-corrected chi connectivity index (χ2v) is 7.19. The molecule has 0 aliphatic carbocycles. The summed E-state index contributed by atoms with van der Waals surface area (Å²) < 4.78 is 6.51. The minimum atomic E-state index is -0.227. The van der Waals surface area contributed by atoms with E-state index in [2.05, 4.69) is 47.1 Å². The van der Waals surface area contributed by atoms with Crippen molar-refractivity contribution in [2.24, 2.45) is 5.92 Å². The minimum absolute atomic E-state index is 0.227. The lowest BCUT2D eigenvalue weighted by atomic mass is 10.2. The standard InChI is InChI=1S/C18H19IN2O2S/c1-12(2)11-23-14-9-7-13(8-10-14)20-18(24)21-17(22)15-5-3-4-6-16(15)19/h3-10,12H,11H2,1-2H3,(H2,20,21,22,24). The summed E-state index contributed by atoms with van der Waals surface area (Å²) in [7, 11) is 0. The summed E-state index contributed by atoms with van der Waals surface area (Å²) in [4.78, 5) is 12.2. The lowest BCUT2D eigenvalue weighted by molar-refractivity contribution is 0.0977. The molecule has 0 spiro atoms. The monoisotopic (exact) mass is 454 g/mol. The van der Waals surface area contributed by atoms with Crippen molar-refractivity contribution < 1.29 is 9.53 Å². The van der Waals surface area contributed by atoms with Gasteiger partial charge in [0.15, 0.2) is 5.11 Å². The minimum Gasteiger partial charge on any atom is -0.493 e. The fraction of sp³-hybridized carbons (Fsp3) is 0.222. The van der Waals surface area contributed by atoms with Gasteiger partial charge in [-0.1, -0.05) is 26.0 Å². The zero-order valence-electron chi connectivity index (χ0n) is 13.5. The number of rotatable bonds is 5. The Hall–Kier alpha value is -1.67. The highest BCUT2D eigenvalue weighted by Crippen LogP contribution is 2.16. The molecule has 1 amide bonds. The van der Waals surface area contributed by atoms with Crippen LogP contribution < -0.4 is 15.4 Å². The first-order valence-corrected chi connectivity index (χ1v) is 9.04. The maximum Gasteiger partial charge on any atom is 0.258 e. The maximum absolute atomic E-state index is 12.2. The van der Waals surface area contributed by atoms with Crippen molar-refractivity contribution in [1.29, 1.82) is 0 Å². The van der Waals surface area contributed by atoms with Gasteiger partial charge in [-0.15, -0.1) is 0 Å². The van der Waals surface area contributed by atoms with Gasteiger partial charge in [0.05, 0.1) is 12.2 Å². The van der Waals surface area contributed by atoms with Crippen LogP contribution in [-0.2, 0) is 0 Å². The van der Waals surface area contributed by atoms with Crippen LogP contribution in [0.3, 0.4) is 0 Å². The molecule has 4 nitrogen and oxygen atoms in total. The van der Waals surface area contributed by atoms with Gasteiger partial charge in [-0.3, -0.25) is 10.1 Å². The second-order valence-electron chi connectivity index (χ2n) is 5.62. The van der Waals surface area contributed by atoms with Gasteiger partial charge in [-0.25, -0.2) is 0 Å². The van der Waals surface area contributed by atoms with Crippen molar-refractivity contribution in [3.63, 3.8) is 0 Å². The third-order valence-corrected chi connectivity index (χ3v) is 4.19. The van der Waals surface area contributed by atoms with Gasteiger partial charge in [-0.05, 0) is 77.1 Å². The molecule has 0 saturated carbocycles. The Kier molecular flexibility index (Phi) is 6.99. The van der Waals surface area contributed by atoms with E-state index in [1.165, 1.54) is 0 Å². The fourth-order valence-corrected chi connectivity index (χ4v) is 2.72. The van der Waals surface area contributed by atoms with Crippen LogP contribution in [0.25, 0.3) is 0 Å². The maximum atomic E-state index is 12.2. The van der Waals surface area contributed by atoms with Crippen molar-refractivity contribution >= 4 is 51.5 Å². The van der Waals surface area contributed by atoms with E-state index in [1.807, 2.05) is 42.5 Å². The highest BCUT2D eigenvalue weighted by atomic mass is 127. The predicted octanol–water partition coefficient (Wildman–Crippen LogP) is 4.45. The lowest BCUT2D eigenvalue weighted by Gasteiger charge is -2.12. The molecule has 2 N–H and O–H groups in total. The van der Waals surface area contributed by atoms with Crippen molar-refractivity contribution in [2.75, 3.05) is 11.9 Å². The van der Waals surface area contributed by atoms with E-state index in [9.17, 15) is 4.79 Å². The molecular formula is C18H19IN2O2S. The van der Waals surface area contributed by atoms with Gasteiger partial charge in [0.25, 0.3) is 5.91 Å². The summed E-state index contributed by atoms with van der Waals surface area (Å²) in [6.45, 7) is 4.88. The van der Waals surface area contributed by atoms with E-state index < -0.39 is 0 Å². The Morgan fingerprint density at radius 3 is 2.46 bits per heavy atom. The van der Waals surface area contributed by atoms with E-state index in [0.29, 0.717) is 18.1 Å². The average molecular weight is 454 g/mol. The van der Waals surface area contributed by atoms with Gasteiger partial charge < -0.3 is 10.1 Å². The van der Waals surface area contributed by atoms with Gasteiger partial charge in [-0.2, -0.15) is 0 Å². The van der Waals surface area contributed by atoms with Crippen molar-refractivity contribution in [2.45, 2.75) is 13.8 Å². The number of nitrogens with one attached hydrogen (secondary N) is 2. The predicted molar refractivity (Wildman–Crippen MR) is 110 cm³/mol. The van der Waals surface area contributed by atoms with E-state index in [0.717, 1.165) is 15.0 Å². The van der Waals surface area contributed by atoms with E-state index in [1.54, 1.807) is 6.07 Å². The molecule has 2 rings (SSSR count). The Morgan fingerprint density at radius 2 is 1.83 bits per heavy atom. The number of amides is 1. The summed E-state index contributed by atoms with van der Waals surface area (Å²) in [5, 5.41) is 5.94. The van der Waals surface area contributed by atoms with E-state index in [4.69, 9.17) is 17.0 Å². The van der Waals surface area contributed by atoms with E-state index >= 15 is 0 Å². The van der Waals surface area contributed by atoms with Gasteiger partial charge in [0, 0.05) is 9.26 Å². The molecule has 0 aliphatic rings. The molecule has 0 atom stereocenters. The largest absolute Gasteiger partial charge is 0.493 e. The van der Waals surface area contributed by atoms with Crippen LogP contribution in [0.15, 0.2) is 48.5 Å². The molecule has 0 aliphatic heterocycles. The molecule has 0 aromatic heterocycles. The molecule has 0 heterocycles. The number of thiocarbonyl (C=S) groups is 1. The molecule has 2 aromatic carbocycles. The molecule has 0 bridgehead atoms. The molecule has 0 unspecified atom stereocenters. The van der Waals surface area contributed by atoms with E-state index in [-0.39, 0.29) is 11.0 Å². The first kappa shape index (κ1) is 18.7. The molecule has 2 aromatic rings. The van der Waals surface area contributed by atoms with Crippen LogP contribution in [0, 0.1) is 9.49 Å². The molecule has 0 saturated heterocycles. The van der Waals surface area contributed by atoms with Crippen LogP contribution >= 0.6 is 34.8 Å². The van der Waals surface area contributed by atoms with Crippen LogP contribution in [0.5, 0.6) is 5.75 Å². The molecular weight excluding hydrogens is 435 g/mol. The highest BCUT2D eigenvalue weighted by molar-refractivity contribution is 14.1. The Balaban J connectivity index is 1.90. The average Bonchev–Trinajstić information content (AvgIpc) is 2.54. The molecule has 0 radical (unpaired) electrons. The number of hydrogen-bond acceptors (Lipinski definition) is 3. The summed E-state index contributed by atoms with van der Waals surface area (Å²) in [6.07, 6.45) is 0. The third kappa shape index (κ3) is 5.76. The van der Waals surface area contributed by atoms with Crippen LogP contribution in [-0.4, -0.2) is 17.6 Å². The Labute approximate surface area is 161 Å². The van der Waals surface area contributed by atoms with Gasteiger partial charge >= 0.3 is 0 Å². The normalized spacial score (nSPS) is 10.3. The number of hydrogen-bond donors (Lipinski definition) is 2. The first-order valence-electron chi connectivity index (χ1n) is 7.55. The van der Waals surface area contributed by atoms with Crippen molar-refractivity contribution in [3.8, 4) is 5.75 Å². The smallest absolute Gasteiger partial charge is 0.258 e. The number of ether oxygens (including phenoxy) is 1. The topological polar surface area (TPSA) is 50.4 Å². The Bertz CT molecular complexity index is 717.